The van der Waals surface area contributed by atoms with Gasteiger partial charge in [-0.15, -0.1) is 0 Å². The van der Waals surface area contributed by atoms with E-state index in [1.807, 2.05) is 214 Å². The summed E-state index contributed by atoms with van der Waals surface area (Å²) in [5.74, 6) is 5.23. The third-order valence-electron chi connectivity index (χ3n) is 22.9. The molecule has 0 aliphatic carbocycles. The number of fused-ring (bicyclic) bond motifs is 4. The monoisotopic (exact) mass is 1880 g/mol. The van der Waals surface area contributed by atoms with E-state index in [0.29, 0.717) is 115 Å². The lowest BCUT2D eigenvalue weighted by Crippen LogP contribution is -2.28. The summed E-state index contributed by atoms with van der Waals surface area (Å²) in [6, 6.07) is 67.6. The van der Waals surface area contributed by atoms with E-state index in [2.05, 4.69) is 114 Å². The Morgan fingerprint density at radius 2 is 0.587 bits per heavy atom. The molecule has 0 atom stereocenters. The Morgan fingerprint density at radius 1 is 0.297 bits per heavy atom. The Bertz CT molecular complexity index is 6880. The number of carbonyl (C=O) groups is 1. The van der Waals surface area contributed by atoms with Crippen molar-refractivity contribution in [3.05, 3.63) is 289 Å². The molecule has 28 nitrogen and oxygen atoms in total. The zero-order valence-corrected chi connectivity index (χ0v) is 80.7. The van der Waals surface area contributed by atoms with E-state index in [4.69, 9.17) is 39.2 Å². The van der Waals surface area contributed by atoms with Crippen molar-refractivity contribution in [1.82, 2.24) is 59.8 Å². The van der Waals surface area contributed by atoms with E-state index < -0.39 is 5.63 Å². The van der Waals surface area contributed by atoms with Crippen LogP contribution in [0, 0.1) is 27.7 Å². The number of hydrogen-bond donors (Lipinski definition) is 6. The number of nitrogens with one attached hydrogen (secondary N) is 6. The SMILES string of the molecule is CCCCCCCCCCC(=O)Nc1nc(C)nc(Nc2ccc3cc(-c4ccccc4)c(=O)oc3c2)n1.CCCCCCCCN(CCCCCCCC)c1nc(C)nc(Nc2ccc3cc(-c4ccccc4)c(=O)oc3c2)n1.CCCCCCNc1nc(C)nc(Nc2ccc3cc(-c4ccccc4)c(=O)oc3c2)n1.Cc1nc(Cl)nc(Nc2ccc3cc(-c4ccccc4)c(=O)oc3c2)n1. The van der Waals surface area contributed by atoms with Crippen molar-refractivity contribution in [2.45, 2.75) is 216 Å². The third kappa shape index (κ3) is 30.9. The lowest BCUT2D eigenvalue weighted by molar-refractivity contribution is -0.116. The van der Waals surface area contributed by atoms with Gasteiger partial charge in [0, 0.05) is 94.6 Å². The van der Waals surface area contributed by atoms with Gasteiger partial charge in [0.05, 0.1) is 22.3 Å². The van der Waals surface area contributed by atoms with Crippen LogP contribution >= 0.6 is 11.6 Å². The number of aromatic nitrogens is 12. The minimum atomic E-state index is -0.404. The van der Waals surface area contributed by atoms with Gasteiger partial charge in [-0.2, -0.15) is 54.8 Å². The van der Waals surface area contributed by atoms with Crippen molar-refractivity contribution in [3.8, 4) is 44.5 Å². The Hall–Kier alpha value is -14.8. The number of hydrogen-bond acceptors (Lipinski definition) is 27. The molecule has 0 bridgehead atoms. The number of unbranched alkanes of at least 4 members (excludes halogenated alkanes) is 20. The second kappa shape index (κ2) is 52.3. The van der Waals surface area contributed by atoms with Crippen LogP contribution in [0.4, 0.5) is 64.4 Å². The lowest BCUT2D eigenvalue weighted by atomic mass is 10.1. The van der Waals surface area contributed by atoms with Gasteiger partial charge in [-0.1, -0.05) is 277 Å². The molecule has 8 heterocycles. The smallest absolute Gasteiger partial charge is 0.344 e. The number of aryl methyl sites for hydroxylation is 4. The summed E-state index contributed by atoms with van der Waals surface area (Å²) in [4.78, 5) is 117. The summed E-state index contributed by atoms with van der Waals surface area (Å²) in [7, 11) is 0. The Kier molecular flexibility index (Phi) is 38.2. The van der Waals surface area contributed by atoms with Gasteiger partial charge in [0.25, 0.3) is 0 Å². The van der Waals surface area contributed by atoms with Crippen molar-refractivity contribution in [2.24, 2.45) is 0 Å². The van der Waals surface area contributed by atoms with E-state index in [0.717, 1.165) is 119 Å². The molecule has 714 valence electrons. The van der Waals surface area contributed by atoms with Gasteiger partial charge in [0.15, 0.2) is 0 Å². The fourth-order valence-electron chi connectivity index (χ4n) is 15.8. The van der Waals surface area contributed by atoms with Gasteiger partial charge in [0.2, 0.25) is 52.8 Å². The highest BCUT2D eigenvalue weighted by Gasteiger charge is 2.19. The van der Waals surface area contributed by atoms with E-state index in [1.165, 1.54) is 116 Å². The first-order valence-corrected chi connectivity index (χ1v) is 48.6. The molecule has 16 rings (SSSR count). The Balaban J connectivity index is 0.000000157. The maximum atomic E-state index is 12.8. The van der Waals surface area contributed by atoms with E-state index >= 15 is 0 Å². The molecular formula is C109H122ClN19O9. The molecule has 6 N–H and O–H groups in total. The fraction of sp³-hybridized carbons (Fsp3) is 0.330. The summed E-state index contributed by atoms with van der Waals surface area (Å²) in [6.07, 6.45) is 29.7. The first kappa shape index (κ1) is 101. The van der Waals surface area contributed by atoms with Crippen LogP contribution in [0.15, 0.2) is 255 Å². The van der Waals surface area contributed by atoms with Gasteiger partial charge >= 0.3 is 22.5 Å². The first-order valence-electron chi connectivity index (χ1n) is 48.3. The van der Waals surface area contributed by atoms with Crippen LogP contribution < -0.4 is 59.3 Å². The number of halogens is 1. The minimum Gasteiger partial charge on any atom is -0.422 e. The molecular weight excluding hydrogens is 1750 g/mol. The van der Waals surface area contributed by atoms with Crippen LogP contribution in [0.3, 0.4) is 0 Å². The standard InChI is InChI=1S/C35H47N5O2.C30H35N5O3.C25H27N5O2.C19H13ClN4O2/c1-4-6-8-10-12-17-23-40(24-18-13-11-9-7-5-2)35-37-27(3)36-34(39-35)38-30-22-21-29-25-31(28-19-15-14-16-20-28)33(41)42-32(29)26-30;1-3-4-5-6-7-8-9-13-16-27(36)34-30-32-21(2)31-29(35-30)33-24-18-17-23-19-25(22-14-11-10-12-15-22)28(37)38-26(23)20-24;1-3-4-5-9-14-26-24-27-17(2)28-25(30-24)29-20-13-12-19-15-21(18-10-7-6-8-11-18)23(31)32-22(19)16-20;1-11-21-18(20)24-19(22-11)23-14-8-7-13-9-15(12-5-3-2-4-6-12)17(25)26-16(13)10-14/h14-16,19-22,25-26H,4-13,17-18,23-24H2,1-3H3,(H,36,37,38,39);10-12,14-15,17-20H,3-9,13,16H2,1-2H3,(H2,31,32,33,34,35,36);6-8,10-13,15-16H,3-5,9,14H2,1-2H3,(H2,26,27,28,29,30);2-10H,1H3,(H,21,22,23,24). The molecule has 0 aliphatic rings. The molecule has 8 aromatic heterocycles. The van der Waals surface area contributed by atoms with Crippen LogP contribution in [0.2, 0.25) is 5.28 Å². The summed E-state index contributed by atoms with van der Waals surface area (Å²) >= 11 is 5.85. The molecule has 0 aliphatic heterocycles. The number of amides is 1. The van der Waals surface area contributed by atoms with Crippen molar-refractivity contribution in [2.75, 3.05) is 56.4 Å². The molecule has 29 heteroatoms. The molecule has 0 fully saturated rings. The third-order valence-corrected chi connectivity index (χ3v) is 23.1. The van der Waals surface area contributed by atoms with Gasteiger partial charge in [-0.05, 0) is 160 Å². The van der Waals surface area contributed by atoms with Gasteiger partial charge < -0.3 is 49.2 Å². The average Bonchev–Trinajstić information content (AvgIpc) is 0.803. The predicted octanol–water partition coefficient (Wildman–Crippen LogP) is 26.4. The predicted molar refractivity (Wildman–Crippen MR) is 556 cm³/mol. The highest BCUT2D eigenvalue weighted by Crippen LogP contribution is 2.32. The summed E-state index contributed by atoms with van der Waals surface area (Å²) < 4.78 is 22.4. The van der Waals surface area contributed by atoms with Gasteiger partial charge in [0.1, 0.15) is 45.6 Å². The maximum absolute atomic E-state index is 12.8. The number of rotatable bonds is 43. The van der Waals surface area contributed by atoms with E-state index in [-0.39, 0.29) is 34.0 Å². The summed E-state index contributed by atoms with van der Waals surface area (Å²) in [5, 5.41) is 22.2. The number of nitrogens with zero attached hydrogens (tertiary/aromatic N) is 13. The second-order valence-electron chi connectivity index (χ2n) is 34.1. The lowest BCUT2D eigenvalue weighted by Gasteiger charge is -2.23. The van der Waals surface area contributed by atoms with Crippen LogP contribution in [0.25, 0.3) is 88.4 Å². The summed E-state index contributed by atoms with van der Waals surface area (Å²) in [6.45, 7) is 18.9. The molecule has 138 heavy (non-hydrogen) atoms. The number of carbonyl (C=O) groups excluding carboxylic acids is 1. The van der Waals surface area contributed by atoms with Crippen LogP contribution in [0.1, 0.15) is 212 Å². The van der Waals surface area contributed by atoms with Crippen molar-refractivity contribution < 1.29 is 22.5 Å². The molecule has 1 amide bonds. The quantitative estimate of drug-likeness (QED) is 0.0153. The zero-order chi connectivity index (χ0) is 96.8. The number of anilines is 11. The molecule has 0 saturated heterocycles. The normalized spacial score (nSPS) is 11.0. The van der Waals surface area contributed by atoms with Gasteiger partial charge in [-0.3, -0.25) is 10.1 Å². The van der Waals surface area contributed by atoms with Crippen LogP contribution in [-0.2, 0) is 4.79 Å². The number of benzene rings is 8. The summed E-state index contributed by atoms with van der Waals surface area (Å²) in [5.41, 5.74) is 8.67. The highest BCUT2D eigenvalue weighted by molar-refractivity contribution is 6.28. The minimum absolute atomic E-state index is 0.103. The molecule has 16 aromatic rings. The molecule has 0 unspecified atom stereocenters. The molecule has 8 aromatic carbocycles. The Labute approximate surface area is 808 Å². The molecule has 0 radical (unpaired) electrons. The van der Waals surface area contributed by atoms with E-state index in [1.54, 1.807) is 32.0 Å². The maximum Gasteiger partial charge on any atom is 0.344 e. The van der Waals surface area contributed by atoms with Crippen molar-refractivity contribution in [3.63, 3.8) is 0 Å². The largest absolute Gasteiger partial charge is 0.422 e. The fourth-order valence-corrected chi connectivity index (χ4v) is 16.0. The van der Waals surface area contributed by atoms with Gasteiger partial charge in [-0.25, -0.2) is 24.2 Å². The Morgan fingerprint density at radius 3 is 0.942 bits per heavy atom. The van der Waals surface area contributed by atoms with E-state index in [9.17, 15) is 24.0 Å². The topological polar surface area (TPSA) is 368 Å². The zero-order valence-electron chi connectivity index (χ0n) is 79.9. The molecule has 0 spiro atoms. The van der Waals surface area contributed by atoms with Crippen molar-refractivity contribution in [1.29, 1.82) is 0 Å². The second-order valence-corrected chi connectivity index (χ2v) is 34.4. The average molecular weight is 1880 g/mol. The van der Waals surface area contributed by atoms with Crippen LogP contribution in [-0.4, -0.2) is 85.3 Å². The first-order chi connectivity index (χ1) is 67.3. The van der Waals surface area contributed by atoms with Crippen LogP contribution in [0.5, 0.6) is 0 Å². The highest BCUT2D eigenvalue weighted by atomic mass is 35.5. The molecule has 0 saturated carbocycles. The van der Waals surface area contributed by atoms with Crippen molar-refractivity contribution >= 4 is 126 Å².